The van der Waals surface area contributed by atoms with Crippen LogP contribution in [0.3, 0.4) is 0 Å². The molecule has 1 unspecified atom stereocenters. The van der Waals surface area contributed by atoms with Crippen molar-refractivity contribution in [3.8, 4) is 0 Å². The van der Waals surface area contributed by atoms with E-state index in [9.17, 15) is 9.18 Å². The molecule has 3 heteroatoms. The second-order valence-corrected chi connectivity index (χ2v) is 3.75. The summed E-state index contributed by atoms with van der Waals surface area (Å²) in [5.41, 5.74) is 1.68. The van der Waals surface area contributed by atoms with Gasteiger partial charge in [0.25, 0.3) is 0 Å². The quantitative estimate of drug-likeness (QED) is 0.782. The Bertz CT molecular complexity index is 374. The van der Waals surface area contributed by atoms with Gasteiger partial charge < -0.3 is 5.11 Å². The predicted octanol–water partition coefficient (Wildman–Crippen LogP) is 2.02. The summed E-state index contributed by atoms with van der Waals surface area (Å²) in [6, 6.07) is 4.99. The van der Waals surface area contributed by atoms with E-state index in [1.807, 2.05) is 6.07 Å². The molecule has 0 heterocycles. The van der Waals surface area contributed by atoms with Crippen LogP contribution in [0.1, 0.15) is 17.5 Å². The first-order chi connectivity index (χ1) is 6.66. The second kappa shape index (κ2) is 3.40. The highest BCUT2D eigenvalue weighted by Gasteiger charge is 2.25. The van der Waals surface area contributed by atoms with Crippen molar-refractivity contribution in [2.45, 2.75) is 19.3 Å². The van der Waals surface area contributed by atoms with Gasteiger partial charge in [0.15, 0.2) is 0 Å². The molecule has 1 N–H and O–H groups in total. The lowest BCUT2D eigenvalue weighted by Crippen LogP contribution is -2.07. The van der Waals surface area contributed by atoms with Gasteiger partial charge in [0, 0.05) is 6.42 Å². The van der Waals surface area contributed by atoms with Gasteiger partial charge in [-0.25, -0.2) is 4.39 Å². The van der Waals surface area contributed by atoms with Gasteiger partial charge in [-0.05, 0) is 36.0 Å². The summed E-state index contributed by atoms with van der Waals surface area (Å²) in [7, 11) is 0. The zero-order valence-corrected chi connectivity index (χ0v) is 7.66. The number of hydrogen-bond acceptors (Lipinski definition) is 1. The van der Waals surface area contributed by atoms with Crippen LogP contribution in [0, 0.1) is 11.7 Å². The molecule has 0 spiro atoms. The standard InChI is InChI=1S/C11H11FO2/c12-10-3-1-2-8-4-7(5-9(8)10)6-11(13)14/h1-3,7H,4-6H2,(H,13,14). The molecule has 74 valence electrons. The van der Waals surface area contributed by atoms with E-state index in [2.05, 4.69) is 0 Å². The SMILES string of the molecule is O=C(O)CC1Cc2cccc(F)c2C1. The highest BCUT2D eigenvalue weighted by molar-refractivity contribution is 5.67. The van der Waals surface area contributed by atoms with Gasteiger partial charge in [-0.1, -0.05) is 12.1 Å². The Labute approximate surface area is 81.4 Å². The Morgan fingerprint density at radius 3 is 2.93 bits per heavy atom. The van der Waals surface area contributed by atoms with E-state index in [-0.39, 0.29) is 18.2 Å². The van der Waals surface area contributed by atoms with Crippen LogP contribution in [0.5, 0.6) is 0 Å². The Morgan fingerprint density at radius 1 is 1.50 bits per heavy atom. The minimum atomic E-state index is -0.803. The summed E-state index contributed by atoms with van der Waals surface area (Å²) in [6.45, 7) is 0. The molecule has 0 aliphatic heterocycles. The number of carboxylic acid groups (broad SMARTS) is 1. The molecular weight excluding hydrogens is 183 g/mol. The summed E-state index contributed by atoms with van der Waals surface area (Å²) < 4.78 is 13.3. The predicted molar refractivity (Wildman–Crippen MR) is 49.6 cm³/mol. The van der Waals surface area contributed by atoms with Crippen LogP contribution in [0.2, 0.25) is 0 Å². The van der Waals surface area contributed by atoms with Crippen LogP contribution in [-0.2, 0) is 17.6 Å². The van der Waals surface area contributed by atoms with Crippen LogP contribution in [-0.4, -0.2) is 11.1 Å². The van der Waals surface area contributed by atoms with Crippen LogP contribution >= 0.6 is 0 Å². The Morgan fingerprint density at radius 2 is 2.29 bits per heavy atom. The molecule has 1 aliphatic carbocycles. The minimum absolute atomic E-state index is 0.0689. The van der Waals surface area contributed by atoms with Crippen molar-refractivity contribution < 1.29 is 14.3 Å². The number of fused-ring (bicyclic) bond motifs is 1. The van der Waals surface area contributed by atoms with Crippen LogP contribution in [0.25, 0.3) is 0 Å². The van der Waals surface area contributed by atoms with E-state index in [4.69, 9.17) is 5.11 Å². The molecule has 2 rings (SSSR count). The van der Waals surface area contributed by atoms with E-state index in [1.54, 1.807) is 6.07 Å². The Hall–Kier alpha value is -1.38. The fraction of sp³-hybridized carbons (Fsp3) is 0.364. The van der Waals surface area contributed by atoms with Gasteiger partial charge >= 0.3 is 5.97 Å². The number of carbonyl (C=O) groups is 1. The monoisotopic (exact) mass is 194 g/mol. The topological polar surface area (TPSA) is 37.3 Å². The van der Waals surface area contributed by atoms with Gasteiger partial charge in [0.1, 0.15) is 5.82 Å². The van der Waals surface area contributed by atoms with Crippen molar-refractivity contribution in [3.63, 3.8) is 0 Å². The number of aliphatic carboxylic acids is 1. The molecule has 0 radical (unpaired) electrons. The number of halogens is 1. The normalized spacial score (nSPS) is 19.4. The molecule has 0 saturated carbocycles. The number of benzene rings is 1. The molecule has 2 nitrogen and oxygen atoms in total. The maximum atomic E-state index is 13.3. The molecule has 1 aromatic rings. The van der Waals surface area contributed by atoms with Crippen molar-refractivity contribution in [1.29, 1.82) is 0 Å². The molecular formula is C11H11FO2. The third-order valence-corrected chi connectivity index (χ3v) is 2.68. The van der Waals surface area contributed by atoms with E-state index < -0.39 is 5.97 Å². The zero-order valence-electron chi connectivity index (χ0n) is 7.66. The fourth-order valence-electron chi connectivity index (χ4n) is 2.09. The fourth-order valence-corrected chi connectivity index (χ4v) is 2.09. The van der Waals surface area contributed by atoms with Gasteiger partial charge in [-0.3, -0.25) is 4.79 Å². The molecule has 1 aliphatic rings. The summed E-state index contributed by atoms with van der Waals surface area (Å²) >= 11 is 0. The molecule has 0 bridgehead atoms. The number of carboxylic acids is 1. The third-order valence-electron chi connectivity index (χ3n) is 2.68. The van der Waals surface area contributed by atoms with Crippen molar-refractivity contribution in [3.05, 3.63) is 35.1 Å². The van der Waals surface area contributed by atoms with Crippen molar-refractivity contribution in [1.82, 2.24) is 0 Å². The van der Waals surface area contributed by atoms with E-state index in [0.717, 1.165) is 5.56 Å². The minimum Gasteiger partial charge on any atom is -0.481 e. The number of hydrogen-bond donors (Lipinski definition) is 1. The highest BCUT2D eigenvalue weighted by Crippen LogP contribution is 2.30. The first-order valence-corrected chi connectivity index (χ1v) is 4.65. The van der Waals surface area contributed by atoms with E-state index >= 15 is 0 Å². The summed E-state index contributed by atoms with van der Waals surface area (Å²) in [4.78, 5) is 10.5. The van der Waals surface area contributed by atoms with Crippen LogP contribution in [0.4, 0.5) is 4.39 Å². The van der Waals surface area contributed by atoms with Crippen LogP contribution in [0.15, 0.2) is 18.2 Å². The Kier molecular flexibility index (Phi) is 2.23. The third kappa shape index (κ3) is 1.62. The first kappa shape index (κ1) is 9.19. The summed E-state index contributed by atoms with van der Waals surface area (Å²) in [6.07, 6.45) is 1.39. The molecule has 0 amide bonds. The lowest BCUT2D eigenvalue weighted by atomic mass is 10.0. The highest BCUT2D eigenvalue weighted by atomic mass is 19.1. The van der Waals surface area contributed by atoms with E-state index in [1.165, 1.54) is 6.07 Å². The Balaban J connectivity index is 2.18. The molecule has 0 fully saturated rings. The average molecular weight is 194 g/mol. The molecule has 0 aromatic heterocycles. The van der Waals surface area contributed by atoms with Crippen molar-refractivity contribution in [2.24, 2.45) is 5.92 Å². The lowest BCUT2D eigenvalue weighted by molar-refractivity contribution is -0.138. The molecule has 0 saturated heterocycles. The molecule has 1 aromatic carbocycles. The van der Waals surface area contributed by atoms with Gasteiger partial charge in [-0.2, -0.15) is 0 Å². The van der Waals surface area contributed by atoms with Crippen molar-refractivity contribution >= 4 is 5.97 Å². The lowest BCUT2D eigenvalue weighted by Gasteiger charge is -2.02. The second-order valence-electron chi connectivity index (χ2n) is 3.75. The molecule has 1 atom stereocenters. The van der Waals surface area contributed by atoms with E-state index in [0.29, 0.717) is 18.4 Å². The average Bonchev–Trinajstić information content (AvgIpc) is 2.47. The van der Waals surface area contributed by atoms with Crippen LogP contribution < -0.4 is 0 Å². The van der Waals surface area contributed by atoms with Crippen molar-refractivity contribution in [2.75, 3.05) is 0 Å². The van der Waals surface area contributed by atoms with Gasteiger partial charge in [0.05, 0.1) is 0 Å². The summed E-state index contributed by atoms with van der Waals surface area (Å²) in [5.74, 6) is -0.932. The maximum Gasteiger partial charge on any atom is 0.303 e. The first-order valence-electron chi connectivity index (χ1n) is 4.65. The van der Waals surface area contributed by atoms with Gasteiger partial charge in [-0.15, -0.1) is 0 Å². The summed E-state index contributed by atoms with van der Waals surface area (Å²) in [5, 5.41) is 8.63. The smallest absolute Gasteiger partial charge is 0.303 e. The van der Waals surface area contributed by atoms with Gasteiger partial charge in [0.2, 0.25) is 0 Å². The molecule has 14 heavy (non-hydrogen) atoms. The maximum absolute atomic E-state index is 13.3. The largest absolute Gasteiger partial charge is 0.481 e. The number of rotatable bonds is 2. The zero-order chi connectivity index (χ0) is 10.1.